The smallest absolute Gasteiger partial charge is 0.167 e. The lowest BCUT2D eigenvalue weighted by molar-refractivity contribution is 0.306. The van der Waals surface area contributed by atoms with Crippen LogP contribution < -0.4 is 4.74 Å². The Bertz CT molecular complexity index is 817. The van der Waals surface area contributed by atoms with Gasteiger partial charge in [-0.25, -0.2) is 8.78 Å². The second-order valence-electron chi connectivity index (χ2n) is 7.44. The van der Waals surface area contributed by atoms with Crippen molar-refractivity contribution in [3.05, 3.63) is 66.3 Å². The lowest BCUT2D eigenvalue weighted by atomic mass is 9.76. The maximum Gasteiger partial charge on any atom is 0.167 e. The number of halogens is 2. The van der Waals surface area contributed by atoms with E-state index < -0.39 is 11.6 Å². The Morgan fingerprint density at radius 2 is 1.89 bits per heavy atom. The van der Waals surface area contributed by atoms with Gasteiger partial charge in [0.25, 0.3) is 0 Å². The third-order valence-corrected chi connectivity index (χ3v) is 5.67. The Balaban J connectivity index is 1.80. The van der Waals surface area contributed by atoms with E-state index in [9.17, 15) is 8.78 Å². The number of benzene rings is 2. The number of allylic oxidation sites excluding steroid dienone is 2. The summed E-state index contributed by atoms with van der Waals surface area (Å²) in [4.78, 5) is 0. The van der Waals surface area contributed by atoms with E-state index in [-0.39, 0.29) is 11.3 Å². The molecular weight excluding hydrogens is 342 g/mol. The Kier molecular flexibility index (Phi) is 6.65. The molecule has 0 spiro atoms. The molecule has 1 saturated carbocycles. The summed E-state index contributed by atoms with van der Waals surface area (Å²) < 4.78 is 35.1. The highest BCUT2D eigenvalue weighted by Gasteiger charge is 2.26. The molecule has 2 aromatic rings. The van der Waals surface area contributed by atoms with E-state index in [4.69, 9.17) is 4.74 Å². The summed E-state index contributed by atoms with van der Waals surface area (Å²) >= 11 is 0. The van der Waals surface area contributed by atoms with E-state index in [0.29, 0.717) is 23.8 Å². The van der Waals surface area contributed by atoms with Crippen LogP contribution in [0, 0.1) is 17.6 Å². The van der Waals surface area contributed by atoms with Gasteiger partial charge in [0.15, 0.2) is 11.6 Å². The van der Waals surface area contributed by atoms with Crippen molar-refractivity contribution in [3.63, 3.8) is 0 Å². The van der Waals surface area contributed by atoms with Crippen LogP contribution in [0.3, 0.4) is 0 Å². The number of hydrogen-bond acceptors (Lipinski definition) is 1. The van der Waals surface area contributed by atoms with Crippen LogP contribution in [0.4, 0.5) is 8.78 Å². The zero-order valence-electron chi connectivity index (χ0n) is 16.0. The van der Waals surface area contributed by atoms with Gasteiger partial charge in [0, 0.05) is 5.39 Å². The van der Waals surface area contributed by atoms with Crippen molar-refractivity contribution in [3.8, 4) is 5.75 Å². The summed E-state index contributed by atoms with van der Waals surface area (Å²) in [6, 6.07) is 7.06. The van der Waals surface area contributed by atoms with Gasteiger partial charge in [-0.1, -0.05) is 24.3 Å². The predicted molar refractivity (Wildman–Crippen MR) is 108 cm³/mol. The molecule has 0 radical (unpaired) electrons. The fourth-order valence-electron chi connectivity index (χ4n) is 4.07. The molecule has 0 heterocycles. The maximum atomic E-state index is 14.8. The van der Waals surface area contributed by atoms with Crippen LogP contribution in [0.5, 0.6) is 5.75 Å². The number of ether oxygens (including phenoxy) is 1. The van der Waals surface area contributed by atoms with E-state index in [1.54, 1.807) is 6.07 Å². The third-order valence-electron chi connectivity index (χ3n) is 5.67. The molecular formula is C24H28F2O. The van der Waals surface area contributed by atoms with Crippen LogP contribution in [-0.2, 0) is 0 Å². The van der Waals surface area contributed by atoms with E-state index in [1.165, 1.54) is 0 Å². The average Bonchev–Trinajstić information content (AvgIpc) is 2.70. The molecule has 0 saturated heterocycles. The minimum absolute atomic E-state index is 0.106. The van der Waals surface area contributed by atoms with Gasteiger partial charge in [0.1, 0.15) is 12.4 Å². The second-order valence-corrected chi connectivity index (χ2v) is 7.44. The normalized spacial score (nSPS) is 20.3. The molecule has 3 heteroatoms. The first-order valence-electron chi connectivity index (χ1n) is 9.90. The van der Waals surface area contributed by atoms with Crippen LogP contribution >= 0.6 is 0 Å². The standard InChI is InChI=1S/C24H28F2O/c1-3-5-7-17-8-10-18(11-9-17)21-15-19-12-13-20(27-14-6-4-2)16-22(19)24(26)23(21)25/h3-4,6,12-13,15-18H,1,5,7-11,14H2,2H3. The number of rotatable bonds is 7. The van der Waals surface area contributed by atoms with Crippen molar-refractivity contribution in [1.29, 1.82) is 0 Å². The summed E-state index contributed by atoms with van der Waals surface area (Å²) in [5.41, 5.74) is 0.532. The van der Waals surface area contributed by atoms with E-state index in [0.717, 1.165) is 43.9 Å². The molecule has 3 rings (SSSR count). The molecule has 0 N–H and O–H groups in total. The van der Waals surface area contributed by atoms with Crippen LogP contribution in [-0.4, -0.2) is 6.61 Å². The molecule has 1 fully saturated rings. The highest BCUT2D eigenvalue weighted by Crippen LogP contribution is 2.40. The Labute approximate surface area is 160 Å². The molecule has 27 heavy (non-hydrogen) atoms. The Hall–Kier alpha value is -2.16. The van der Waals surface area contributed by atoms with Gasteiger partial charge in [-0.05, 0) is 86.4 Å². The third kappa shape index (κ3) is 4.58. The van der Waals surface area contributed by atoms with Gasteiger partial charge in [-0.2, -0.15) is 0 Å². The number of fused-ring (bicyclic) bond motifs is 1. The molecule has 144 valence electrons. The molecule has 0 unspecified atom stereocenters. The van der Waals surface area contributed by atoms with Gasteiger partial charge in [-0.3, -0.25) is 0 Å². The van der Waals surface area contributed by atoms with E-state index >= 15 is 0 Å². The fraction of sp³-hybridized carbons (Fsp3) is 0.417. The zero-order chi connectivity index (χ0) is 19.2. The Morgan fingerprint density at radius 3 is 2.59 bits per heavy atom. The van der Waals surface area contributed by atoms with Crippen molar-refractivity contribution in [1.82, 2.24) is 0 Å². The SMILES string of the molecule is C=CCCC1CCC(c2cc3ccc(OCC=CC)cc3c(F)c2F)CC1. The summed E-state index contributed by atoms with van der Waals surface area (Å²) in [5.74, 6) is -0.108. The molecule has 1 aliphatic rings. The molecule has 1 nitrogen and oxygen atoms in total. The molecule has 1 aliphatic carbocycles. The molecule has 2 aromatic carbocycles. The highest BCUT2D eigenvalue weighted by molar-refractivity contribution is 5.85. The van der Waals surface area contributed by atoms with Crippen molar-refractivity contribution in [2.75, 3.05) is 6.61 Å². The minimum atomic E-state index is -0.757. The first kappa shape index (κ1) is 19.6. The predicted octanol–water partition coefficient (Wildman–Crippen LogP) is 7.31. The quantitative estimate of drug-likeness (QED) is 0.464. The molecule has 0 atom stereocenters. The largest absolute Gasteiger partial charge is 0.490 e. The molecule has 0 aromatic heterocycles. The van der Waals surface area contributed by atoms with Gasteiger partial charge in [0.05, 0.1) is 0 Å². The van der Waals surface area contributed by atoms with Gasteiger partial charge in [0.2, 0.25) is 0 Å². The summed E-state index contributed by atoms with van der Waals surface area (Å²) in [5, 5.41) is 1.02. The summed E-state index contributed by atoms with van der Waals surface area (Å²) in [7, 11) is 0. The van der Waals surface area contributed by atoms with Gasteiger partial charge < -0.3 is 4.74 Å². The van der Waals surface area contributed by atoms with Crippen LogP contribution in [0.2, 0.25) is 0 Å². The molecule has 0 aliphatic heterocycles. The summed E-state index contributed by atoms with van der Waals surface area (Å²) in [6.45, 7) is 6.11. The fourth-order valence-corrected chi connectivity index (χ4v) is 4.07. The zero-order valence-corrected chi connectivity index (χ0v) is 16.0. The lowest BCUT2D eigenvalue weighted by Crippen LogP contribution is -2.15. The monoisotopic (exact) mass is 370 g/mol. The van der Waals surface area contributed by atoms with Crippen molar-refractivity contribution >= 4 is 10.8 Å². The van der Waals surface area contributed by atoms with Gasteiger partial charge >= 0.3 is 0 Å². The lowest BCUT2D eigenvalue weighted by Gasteiger charge is -2.29. The first-order valence-corrected chi connectivity index (χ1v) is 9.90. The Morgan fingerprint density at radius 1 is 1.11 bits per heavy atom. The second kappa shape index (κ2) is 9.16. The summed E-state index contributed by atoms with van der Waals surface area (Å²) in [6.07, 6.45) is 11.9. The van der Waals surface area contributed by atoms with Crippen molar-refractivity contribution < 1.29 is 13.5 Å². The number of hydrogen-bond donors (Lipinski definition) is 0. The molecule has 0 bridgehead atoms. The van der Waals surface area contributed by atoms with Crippen molar-refractivity contribution in [2.24, 2.45) is 5.92 Å². The van der Waals surface area contributed by atoms with Crippen LogP contribution in [0.25, 0.3) is 10.8 Å². The minimum Gasteiger partial charge on any atom is -0.490 e. The first-order chi connectivity index (χ1) is 13.1. The maximum absolute atomic E-state index is 14.8. The highest BCUT2D eigenvalue weighted by atomic mass is 19.2. The van der Waals surface area contributed by atoms with Gasteiger partial charge in [-0.15, -0.1) is 6.58 Å². The topological polar surface area (TPSA) is 9.23 Å². The average molecular weight is 370 g/mol. The van der Waals surface area contributed by atoms with Crippen LogP contribution in [0.15, 0.2) is 49.1 Å². The van der Waals surface area contributed by atoms with Crippen molar-refractivity contribution in [2.45, 2.75) is 51.4 Å². The molecule has 0 amide bonds. The van der Waals surface area contributed by atoms with Crippen LogP contribution in [0.1, 0.15) is 56.9 Å². The van der Waals surface area contributed by atoms with E-state index in [2.05, 4.69) is 6.58 Å². The van der Waals surface area contributed by atoms with E-state index in [1.807, 2.05) is 43.4 Å².